The third-order valence-corrected chi connectivity index (χ3v) is 4.76. The first kappa shape index (κ1) is 17.9. The van der Waals surface area contributed by atoms with Crippen molar-refractivity contribution in [2.75, 3.05) is 19.3 Å². The SMILES string of the molecule is Cc1nc(N)c2nc(-c3cccc(C#C[C@@]4(O)CCN(C)C4=O)c3)ccc2n1. The number of aliphatic hydroxyl groups is 1. The maximum atomic E-state index is 12.1. The number of hydrogen-bond acceptors (Lipinski definition) is 6. The van der Waals surface area contributed by atoms with Gasteiger partial charge in [-0.1, -0.05) is 24.0 Å². The molecule has 4 rings (SSSR count). The molecule has 1 aromatic carbocycles. The van der Waals surface area contributed by atoms with Crippen molar-refractivity contribution in [3.05, 3.63) is 47.8 Å². The van der Waals surface area contributed by atoms with Gasteiger partial charge in [0.1, 0.15) is 11.3 Å². The Labute approximate surface area is 162 Å². The number of carbonyl (C=O) groups excluding carboxylic acids is 1. The van der Waals surface area contributed by atoms with Crippen LogP contribution in [-0.4, -0.2) is 50.1 Å². The molecule has 0 bridgehead atoms. The van der Waals surface area contributed by atoms with Crippen molar-refractivity contribution >= 4 is 22.8 Å². The number of likely N-dealkylation sites (tertiary alicyclic amines) is 1. The highest BCUT2D eigenvalue weighted by Gasteiger charge is 2.42. The fourth-order valence-electron chi connectivity index (χ4n) is 3.22. The second-order valence-electron chi connectivity index (χ2n) is 6.89. The van der Waals surface area contributed by atoms with Gasteiger partial charge in [0.2, 0.25) is 5.60 Å². The number of hydrogen-bond donors (Lipinski definition) is 2. The number of nitrogens with two attached hydrogens (primary N) is 1. The number of rotatable bonds is 1. The Bertz CT molecular complexity index is 1160. The Hall–Kier alpha value is -3.50. The smallest absolute Gasteiger partial charge is 0.267 e. The van der Waals surface area contributed by atoms with Crippen molar-refractivity contribution in [3.8, 4) is 23.1 Å². The van der Waals surface area contributed by atoms with Crippen molar-refractivity contribution in [1.82, 2.24) is 19.9 Å². The van der Waals surface area contributed by atoms with Crippen molar-refractivity contribution < 1.29 is 9.90 Å². The van der Waals surface area contributed by atoms with E-state index in [-0.39, 0.29) is 5.91 Å². The molecule has 0 unspecified atom stereocenters. The van der Waals surface area contributed by atoms with E-state index in [1.165, 1.54) is 4.90 Å². The fourth-order valence-corrected chi connectivity index (χ4v) is 3.22. The monoisotopic (exact) mass is 373 g/mol. The molecule has 2 aromatic heterocycles. The molecule has 3 N–H and O–H groups in total. The number of pyridine rings is 1. The van der Waals surface area contributed by atoms with Crippen molar-refractivity contribution in [1.29, 1.82) is 0 Å². The molecular formula is C21H19N5O2. The van der Waals surface area contributed by atoms with Gasteiger partial charge in [0.05, 0.1) is 11.2 Å². The van der Waals surface area contributed by atoms with Gasteiger partial charge in [0, 0.05) is 31.1 Å². The first-order valence-electron chi connectivity index (χ1n) is 8.88. The molecular weight excluding hydrogens is 354 g/mol. The summed E-state index contributed by atoms with van der Waals surface area (Å²) in [5.41, 5.74) is 7.86. The van der Waals surface area contributed by atoms with E-state index < -0.39 is 5.60 Å². The number of nitrogens with zero attached hydrogens (tertiary/aromatic N) is 4. The zero-order valence-corrected chi connectivity index (χ0v) is 15.6. The van der Waals surface area contributed by atoms with Crippen LogP contribution in [0.5, 0.6) is 0 Å². The third-order valence-electron chi connectivity index (χ3n) is 4.76. The summed E-state index contributed by atoms with van der Waals surface area (Å²) in [5, 5.41) is 10.4. The highest BCUT2D eigenvalue weighted by Crippen LogP contribution is 2.24. The summed E-state index contributed by atoms with van der Waals surface area (Å²) in [6.45, 7) is 2.28. The topological polar surface area (TPSA) is 105 Å². The highest BCUT2D eigenvalue weighted by atomic mass is 16.3. The molecule has 140 valence electrons. The van der Waals surface area contributed by atoms with E-state index in [4.69, 9.17) is 5.73 Å². The van der Waals surface area contributed by atoms with Crippen LogP contribution in [0.15, 0.2) is 36.4 Å². The van der Waals surface area contributed by atoms with Crippen LogP contribution in [0, 0.1) is 18.8 Å². The lowest BCUT2D eigenvalue weighted by Crippen LogP contribution is -2.37. The normalized spacial score (nSPS) is 19.0. The average Bonchev–Trinajstić information content (AvgIpc) is 2.94. The minimum absolute atomic E-state index is 0.306. The first-order valence-corrected chi connectivity index (χ1v) is 8.88. The molecule has 1 atom stereocenters. The number of fused-ring (bicyclic) bond motifs is 1. The molecule has 1 aliphatic rings. The quantitative estimate of drug-likeness (QED) is 0.627. The van der Waals surface area contributed by atoms with E-state index in [1.54, 1.807) is 14.0 Å². The number of carbonyl (C=O) groups is 1. The molecule has 3 aromatic rings. The van der Waals surface area contributed by atoms with Crippen LogP contribution in [-0.2, 0) is 4.79 Å². The van der Waals surface area contributed by atoms with Crippen LogP contribution in [0.25, 0.3) is 22.3 Å². The predicted molar refractivity (Wildman–Crippen MR) is 106 cm³/mol. The van der Waals surface area contributed by atoms with Crippen LogP contribution in [0.3, 0.4) is 0 Å². The summed E-state index contributed by atoms with van der Waals surface area (Å²) in [7, 11) is 1.66. The predicted octanol–water partition coefficient (Wildman–Crippen LogP) is 1.53. The van der Waals surface area contributed by atoms with Crippen LogP contribution < -0.4 is 5.73 Å². The first-order chi connectivity index (χ1) is 13.4. The molecule has 0 radical (unpaired) electrons. The van der Waals surface area contributed by atoms with Gasteiger partial charge in [-0.05, 0) is 31.2 Å². The fraction of sp³-hybridized carbons (Fsp3) is 0.238. The van der Waals surface area contributed by atoms with Gasteiger partial charge in [0.15, 0.2) is 5.82 Å². The van der Waals surface area contributed by atoms with Crippen molar-refractivity contribution in [2.24, 2.45) is 0 Å². The summed E-state index contributed by atoms with van der Waals surface area (Å²) < 4.78 is 0. The standard InChI is InChI=1S/C21H19N5O2/c1-13-23-17-7-6-16(25-18(17)19(22)24-13)15-5-3-4-14(12-15)8-9-21(28)10-11-26(2)20(21)27/h3-7,12,28H,10-11H2,1-2H3,(H2,22,23,24)/t21-/m1/s1. The Morgan fingerprint density at radius 1 is 1.21 bits per heavy atom. The summed E-state index contributed by atoms with van der Waals surface area (Å²) >= 11 is 0. The largest absolute Gasteiger partial charge is 0.382 e. The Balaban J connectivity index is 1.70. The summed E-state index contributed by atoms with van der Waals surface area (Å²) in [5.74, 6) is 6.23. The van der Waals surface area contributed by atoms with Gasteiger partial charge in [-0.25, -0.2) is 15.0 Å². The highest BCUT2D eigenvalue weighted by molar-refractivity contribution is 5.90. The molecule has 0 saturated carbocycles. The van der Waals surface area contributed by atoms with Gasteiger partial charge in [0.25, 0.3) is 5.91 Å². The van der Waals surface area contributed by atoms with E-state index in [0.29, 0.717) is 46.9 Å². The van der Waals surface area contributed by atoms with E-state index in [1.807, 2.05) is 36.4 Å². The Morgan fingerprint density at radius 2 is 2.04 bits per heavy atom. The number of aromatic nitrogens is 3. The van der Waals surface area contributed by atoms with Crippen LogP contribution >= 0.6 is 0 Å². The molecule has 1 saturated heterocycles. The Morgan fingerprint density at radius 3 is 2.79 bits per heavy atom. The molecule has 1 amide bonds. The molecule has 0 spiro atoms. The molecule has 7 nitrogen and oxygen atoms in total. The maximum Gasteiger partial charge on any atom is 0.267 e. The van der Waals surface area contributed by atoms with Gasteiger partial charge in [-0.3, -0.25) is 4.79 Å². The maximum absolute atomic E-state index is 12.1. The molecule has 28 heavy (non-hydrogen) atoms. The second-order valence-corrected chi connectivity index (χ2v) is 6.89. The molecule has 1 fully saturated rings. The number of amides is 1. The lowest BCUT2D eigenvalue weighted by Gasteiger charge is -2.13. The van der Waals surface area contributed by atoms with Crippen molar-refractivity contribution in [2.45, 2.75) is 18.9 Å². The van der Waals surface area contributed by atoms with Gasteiger partial charge >= 0.3 is 0 Å². The summed E-state index contributed by atoms with van der Waals surface area (Å²) in [6.07, 6.45) is 0.306. The van der Waals surface area contributed by atoms with Gasteiger partial charge in [-0.2, -0.15) is 0 Å². The van der Waals surface area contributed by atoms with E-state index in [2.05, 4.69) is 26.8 Å². The summed E-state index contributed by atoms with van der Waals surface area (Å²) in [6, 6.07) is 11.2. The average molecular weight is 373 g/mol. The van der Waals surface area contributed by atoms with Crippen LogP contribution in [0.1, 0.15) is 17.8 Å². The zero-order valence-electron chi connectivity index (χ0n) is 15.6. The number of likely N-dealkylation sites (N-methyl/N-ethyl adjacent to an activating group) is 1. The zero-order chi connectivity index (χ0) is 19.9. The lowest BCUT2D eigenvalue weighted by molar-refractivity contribution is -0.137. The van der Waals surface area contributed by atoms with E-state index in [0.717, 1.165) is 5.56 Å². The van der Waals surface area contributed by atoms with E-state index >= 15 is 0 Å². The number of benzene rings is 1. The van der Waals surface area contributed by atoms with E-state index in [9.17, 15) is 9.90 Å². The second kappa shape index (κ2) is 6.59. The molecule has 1 aliphatic heterocycles. The van der Waals surface area contributed by atoms with Crippen molar-refractivity contribution in [3.63, 3.8) is 0 Å². The lowest BCUT2D eigenvalue weighted by atomic mass is 10.0. The number of nitrogen functional groups attached to an aromatic ring is 1. The molecule has 0 aliphatic carbocycles. The molecule has 3 heterocycles. The minimum atomic E-state index is -1.62. The number of aryl methyl sites for hydroxylation is 1. The minimum Gasteiger partial charge on any atom is -0.382 e. The number of anilines is 1. The molecule has 7 heteroatoms. The van der Waals surface area contributed by atoms with Gasteiger partial charge < -0.3 is 15.7 Å². The Kier molecular flexibility index (Phi) is 4.21. The van der Waals surface area contributed by atoms with Crippen LogP contribution in [0.2, 0.25) is 0 Å². The van der Waals surface area contributed by atoms with Gasteiger partial charge in [-0.15, -0.1) is 0 Å². The van der Waals surface area contributed by atoms with Crippen LogP contribution in [0.4, 0.5) is 5.82 Å². The third kappa shape index (κ3) is 3.15. The summed E-state index contributed by atoms with van der Waals surface area (Å²) in [4.78, 5) is 26.6.